The Bertz CT molecular complexity index is 490. The van der Waals surface area contributed by atoms with Gasteiger partial charge in [0.1, 0.15) is 0 Å². The molecule has 0 aliphatic rings. The summed E-state index contributed by atoms with van der Waals surface area (Å²) in [7, 11) is -13.2. The van der Waals surface area contributed by atoms with Crippen molar-refractivity contribution in [1.29, 1.82) is 0 Å². The predicted molar refractivity (Wildman–Crippen MR) is 48.3 cm³/mol. The first kappa shape index (κ1) is 17.2. The van der Waals surface area contributed by atoms with E-state index >= 15 is 0 Å². The number of rotatable bonds is 3. The van der Waals surface area contributed by atoms with Gasteiger partial charge in [-0.2, -0.15) is 26.3 Å². The molecule has 0 rings (SSSR count). The van der Waals surface area contributed by atoms with Gasteiger partial charge >= 0.3 is 11.0 Å². The van der Waals surface area contributed by atoms with E-state index in [2.05, 4.69) is 0 Å². The lowest BCUT2D eigenvalue weighted by molar-refractivity contribution is -0.0444. The van der Waals surface area contributed by atoms with E-state index in [4.69, 9.17) is 0 Å². The molecule has 12 heteroatoms. The summed E-state index contributed by atoms with van der Waals surface area (Å²) >= 11 is 0. The summed E-state index contributed by atoms with van der Waals surface area (Å²) in [6, 6.07) is 0. The number of hydrogen-bond donors (Lipinski definition) is 0. The quantitative estimate of drug-likeness (QED) is 0.747. The normalized spacial score (nSPS) is 14.4. The largest absolute Gasteiger partial charge is 0.502 e. The lowest BCUT2D eigenvalue weighted by Crippen LogP contribution is -2.34. The maximum Gasteiger partial charge on any atom is 0.502 e. The van der Waals surface area contributed by atoms with Gasteiger partial charge in [-0.05, 0) is 6.42 Å². The molecule has 0 unspecified atom stereocenters. The summed E-state index contributed by atoms with van der Waals surface area (Å²) in [5, 5.41) is 0. The summed E-state index contributed by atoms with van der Waals surface area (Å²) in [5.74, 6) is 0. The minimum atomic E-state index is -6.59. The van der Waals surface area contributed by atoms with E-state index < -0.39 is 41.3 Å². The van der Waals surface area contributed by atoms with E-state index in [1.807, 2.05) is 0 Å². The maximum absolute atomic E-state index is 12.1. The van der Waals surface area contributed by atoms with Crippen molar-refractivity contribution in [2.45, 2.75) is 24.4 Å². The van der Waals surface area contributed by atoms with Gasteiger partial charge in [0.05, 0.1) is 0 Å². The Labute approximate surface area is 98.1 Å². The summed E-state index contributed by atoms with van der Waals surface area (Å²) in [6.07, 6.45) is -0.786. The Kier molecular flexibility index (Phi) is 4.51. The van der Waals surface area contributed by atoms with Crippen LogP contribution in [0, 0.1) is 0 Å². The van der Waals surface area contributed by atoms with Crippen LogP contribution in [0.1, 0.15) is 13.3 Å². The smallest absolute Gasteiger partial charge is 0.214 e. The van der Waals surface area contributed by atoms with Crippen molar-refractivity contribution in [1.82, 2.24) is 0 Å². The molecule has 0 N–H and O–H groups in total. The van der Waals surface area contributed by atoms with Crippen molar-refractivity contribution in [2.24, 2.45) is 0 Å². The van der Waals surface area contributed by atoms with Crippen molar-refractivity contribution < 1.29 is 43.2 Å². The van der Waals surface area contributed by atoms with Gasteiger partial charge in [-0.3, -0.25) is 0 Å². The molecule has 0 heterocycles. The second-order valence-corrected chi connectivity index (χ2v) is 6.91. The number of hydrogen-bond acceptors (Lipinski definition) is 4. The molecule has 0 fully saturated rings. The first-order chi connectivity index (χ1) is 7.69. The average Bonchev–Trinajstić information content (AvgIpc) is 2.09. The molecule has 0 aromatic rings. The lowest BCUT2D eigenvalue weighted by atomic mass is 10.5. The van der Waals surface area contributed by atoms with Gasteiger partial charge in [-0.15, -0.1) is 0 Å². The highest BCUT2D eigenvalue weighted by atomic mass is 32.3. The first-order valence-corrected chi connectivity index (χ1v) is 6.99. The molecule has 0 atom stereocenters. The highest BCUT2D eigenvalue weighted by Crippen LogP contribution is 2.38. The molecule has 0 aromatic heterocycles. The molecule has 18 heavy (non-hydrogen) atoms. The van der Waals surface area contributed by atoms with Crippen molar-refractivity contribution in [2.75, 3.05) is 0 Å². The zero-order valence-corrected chi connectivity index (χ0v) is 10.1. The Morgan fingerprint density at radius 2 is 1.17 bits per heavy atom. The SMILES string of the molecule is CCC=C(S(=O)(=O)C(F)(F)F)S(=O)(=O)C(F)(F)F. The standard InChI is InChI=1S/C6H6F6O4S2/c1-2-3-4(17(13,14)5(7,8)9)18(15,16)6(10,11)12/h3H,2H2,1H3. The van der Waals surface area contributed by atoms with E-state index in [0.717, 1.165) is 6.92 Å². The average molecular weight is 320 g/mol. The molecule has 0 bridgehead atoms. The van der Waals surface area contributed by atoms with Gasteiger partial charge in [0.15, 0.2) is 4.24 Å². The number of sulfone groups is 2. The maximum atomic E-state index is 12.1. The van der Waals surface area contributed by atoms with E-state index in [0.29, 0.717) is 0 Å². The molecule has 0 aliphatic carbocycles. The van der Waals surface area contributed by atoms with Crippen LogP contribution in [0.3, 0.4) is 0 Å². The molecule has 0 amide bonds. The molecule has 108 valence electrons. The first-order valence-electron chi connectivity index (χ1n) is 4.02. The zero-order valence-electron chi connectivity index (χ0n) is 8.50. The third kappa shape index (κ3) is 2.96. The van der Waals surface area contributed by atoms with Crippen molar-refractivity contribution in [3.63, 3.8) is 0 Å². The van der Waals surface area contributed by atoms with Gasteiger partial charge in [-0.25, -0.2) is 16.8 Å². The van der Waals surface area contributed by atoms with E-state index in [9.17, 15) is 43.2 Å². The minimum absolute atomic E-state index is 0.147. The van der Waals surface area contributed by atoms with Crippen LogP contribution in [0.15, 0.2) is 10.3 Å². The Morgan fingerprint density at radius 1 is 0.889 bits per heavy atom. The number of alkyl halides is 6. The fourth-order valence-electron chi connectivity index (χ4n) is 0.759. The molecule has 0 radical (unpaired) electrons. The molecule has 0 saturated carbocycles. The molecular formula is C6H6F6O4S2. The van der Waals surface area contributed by atoms with Crippen LogP contribution in [0.4, 0.5) is 26.3 Å². The topological polar surface area (TPSA) is 68.3 Å². The van der Waals surface area contributed by atoms with Gasteiger partial charge in [0.25, 0.3) is 19.7 Å². The summed E-state index contributed by atoms with van der Waals surface area (Å²) < 4.78 is 113. The predicted octanol–water partition coefficient (Wildman–Crippen LogP) is 2.11. The third-order valence-electron chi connectivity index (χ3n) is 1.51. The van der Waals surface area contributed by atoms with Crippen LogP contribution in [-0.2, 0) is 19.7 Å². The monoisotopic (exact) mass is 320 g/mol. The second kappa shape index (κ2) is 4.72. The summed E-state index contributed by atoms with van der Waals surface area (Å²) in [5.41, 5.74) is -12.3. The Hall–Kier alpha value is -0.780. The highest BCUT2D eigenvalue weighted by molar-refractivity contribution is 8.15. The third-order valence-corrected chi connectivity index (χ3v) is 5.44. The van der Waals surface area contributed by atoms with Crippen LogP contribution in [0.25, 0.3) is 0 Å². The van der Waals surface area contributed by atoms with Gasteiger partial charge in [0.2, 0.25) is 0 Å². The highest BCUT2D eigenvalue weighted by Gasteiger charge is 2.59. The number of allylic oxidation sites excluding steroid dienone is 1. The van der Waals surface area contributed by atoms with E-state index in [1.165, 1.54) is 0 Å². The molecule has 0 aliphatic heterocycles. The van der Waals surface area contributed by atoms with Crippen LogP contribution in [-0.4, -0.2) is 27.9 Å². The minimum Gasteiger partial charge on any atom is -0.214 e. The van der Waals surface area contributed by atoms with Crippen molar-refractivity contribution in [3.8, 4) is 0 Å². The Morgan fingerprint density at radius 3 is 1.33 bits per heavy atom. The van der Waals surface area contributed by atoms with E-state index in [1.54, 1.807) is 0 Å². The molecule has 0 aromatic carbocycles. The van der Waals surface area contributed by atoms with Crippen LogP contribution in [0.5, 0.6) is 0 Å². The van der Waals surface area contributed by atoms with Crippen LogP contribution in [0.2, 0.25) is 0 Å². The van der Waals surface area contributed by atoms with Crippen LogP contribution >= 0.6 is 0 Å². The molecular weight excluding hydrogens is 314 g/mol. The molecule has 4 nitrogen and oxygen atoms in total. The van der Waals surface area contributed by atoms with E-state index in [-0.39, 0.29) is 6.08 Å². The van der Waals surface area contributed by atoms with Gasteiger partial charge in [0, 0.05) is 0 Å². The summed E-state index contributed by atoms with van der Waals surface area (Å²) in [4.78, 5) is 0. The number of halogens is 6. The van der Waals surface area contributed by atoms with Gasteiger partial charge in [-0.1, -0.05) is 13.0 Å². The van der Waals surface area contributed by atoms with Crippen molar-refractivity contribution >= 4 is 19.7 Å². The summed E-state index contributed by atoms with van der Waals surface area (Å²) in [6.45, 7) is 0.984. The fourth-order valence-corrected chi connectivity index (χ4v) is 3.71. The molecule has 0 saturated heterocycles. The van der Waals surface area contributed by atoms with Crippen molar-refractivity contribution in [3.05, 3.63) is 10.3 Å². The fraction of sp³-hybridized carbons (Fsp3) is 0.667. The second-order valence-electron chi connectivity index (χ2n) is 2.83. The zero-order chi connectivity index (χ0) is 15.0. The van der Waals surface area contributed by atoms with Crippen LogP contribution < -0.4 is 0 Å². The lowest BCUT2D eigenvalue weighted by Gasteiger charge is -2.14. The molecule has 0 spiro atoms. The Balaban J connectivity index is 6.24. The van der Waals surface area contributed by atoms with Gasteiger partial charge < -0.3 is 0 Å².